The van der Waals surface area contributed by atoms with E-state index >= 15 is 0 Å². The zero-order valence-corrected chi connectivity index (χ0v) is 18.7. The Labute approximate surface area is 191 Å². The first-order valence-corrected chi connectivity index (χ1v) is 11.0. The maximum Gasteiger partial charge on any atom is 0.255 e. The van der Waals surface area contributed by atoms with Crippen LogP contribution in [-0.2, 0) is 6.54 Å². The minimum Gasteiger partial charge on any atom is -0.460 e. The molecule has 1 amide bonds. The summed E-state index contributed by atoms with van der Waals surface area (Å²) >= 11 is 0. The van der Waals surface area contributed by atoms with Crippen LogP contribution in [0, 0.1) is 13.8 Å². The fourth-order valence-corrected chi connectivity index (χ4v) is 4.01. The number of fused-ring (bicyclic) bond motifs is 1. The second-order valence-corrected chi connectivity index (χ2v) is 7.99. The van der Waals surface area contributed by atoms with Crippen LogP contribution in [0.3, 0.4) is 0 Å². The number of nitrogens with one attached hydrogen (secondary N) is 1. The van der Waals surface area contributed by atoms with Crippen LogP contribution in [0.2, 0.25) is 0 Å². The van der Waals surface area contributed by atoms with Crippen molar-refractivity contribution >= 4 is 16.9 Å². The summed E-state index contributed by atoms with van der Waals surface area (Å²) in [6.45, 7) is 5.20. The second-order valence-electron chi connectivity index (χ2n) is 7.99. The zero-order chi connectivity index (χ0) is 22.8. The van der Waals surface area contributed by atoms with Gasteiger partial charge in [0.15, 0.2) is 5.76 Å². The Bertz CT molecular complexity index is 1410. The summed E-state index contributed by atoms with van der Waals surface area (Å²) in [7, 11) is 0. The molecule has 3 aromatic heterocycles. The molecule has 0 radical (unpaired) electrons. The molecule has 5 rings (SSSR count). The number of aryl methyl sites for hydroxylation is 3. The molecule has 7 nitrogen and oxygen atoms in total. The minimum absolute atomic E-state index is 0.173. The Kier molecular flexibility index (Phi) is 5.52. The number of benzene rings is 2. The fraction of sp³-hybridized carbons (Fsp3) is 0.192. The predicted octanol–water partition coefficient (Wildman–Crippen LogP) is 4.92. The van der Waals surface area contributed by atoms with Crippen molar-refractivity contribution < 1.29 is 9.21 Å². The number of carbonyl (C=O) groups excluding carboxylic acids is 1. The SMILES string of the molecule is Cc1ccc(-c2nn(-c3ccccc3)cc2C(=O)NCCCn2c(C)nc3ccccc32)o1. The van der Waals surface area contributed by atoms with E-state index in [0.29, 0.717) is 23.6 Å². The van der Waals surface area contributed by atoms with Gasteiger partial charge in [-0.2, -0.15) is 5.10 Å². The lowest BCUT2D eigenvalue weighted by atomic mass is 10.2. The van der Waals surface area contributed by atoms with E-state index in [1.54, 1.807) is 10.9 Å². The first-order valence-electron chi connectivity index (χ1n) is 11.0. The molecule has 0 aliphatic heterocycles. The Morgan fingerprint density at radius 1 is 1.00 bits per heavy atom. The first-order chi connectivity index (χ1) is 16.1. The van der Waals surface area contributed by atoms with Gasteiger partial charge < -0.3 is 14.3 Å². The average molecular weight is 440 g/mol. The van der Waals surface area contributed by atoms with Crippen LogP contribution in [0.25, 0.3) is 28.2 Å². The quantitative estimate of drug-likeness (QED) is 0.365. The molecule has 3 heterocycles. The van der Waals surface area contributed by atoms with Gasteiger partial charge in [0.2, 0.25) is 0 Å². The van der Waals surface area contributed by atoms with Crippen molar-refractivity contribution in [1.82, 2.24) is 24.6 Å². The van der Waals surface area contributed by atoms with Crippen LogP contribution in [0.5, 0.6) is 0 Å². The largest absolute Gasteiger partial charge is 0.460 e. The van der Waals surface area contributed by atoms with Gasteiger partial charge in [0.05, 0.1) is 22.3 Å². The molecule has 0 bridgehead atoms. The van der Waals surface area contributed by atoms with Crippen LogP contribution >= 0.6 is 0 Å². The molecule has 0 spiro atoms. The Morgan fingerprint density at radius 3 is 2.58 bits per heavy atom. The van der Waals surface area contributed by atoms with E-state index in [4.69, 9.17) is 4.42 Å². The van der Waals surface area contributed by atoms with Crippen molar-refractivity contribution in [3.8, 4) is 17.1 Å². The van der Waals surface area contributed by atoms with Crippen molar-refractivity contribution in [2.75, 3.05) is 6.54 Å². The van der Waals surface area contributed by atoms with Gasteiger partial charge in [0, 0.05) is 19.3 Å². The third-order valence-electron chi connectivity index (χ3n) is 5.64. The molecule has 0 aliphatic carbocycles. The van der Waals surface area contributed by atoms with Gasteiger partial charge in [-0.3, -0.25) is 4.79 Å². The number of carbonyl (C=O) groups is 1. The number of rotatable bonds is 7. The highest BCUT2D eigenvalue weighted by Crippen LogP contribution is 2.25. The smallest absolute Gasteiger partial charge is 0.255 e. The number of furan rings is 1. The average Bonchev–Trinajstić information content (AvgIpc) is 3.54. The summed E-state index contributed by atoms with van der Waals surface area (Å²) in [6.07, 6.45) is 2.54. The molecule has 33 heavy (non-hydrogen) atoms. The topological polar surface area (TPSA) is 77.9 Å². The Morgan fingerprint density at radius 2 is 1.79 bits per heavy atom. The molecular weight excluding hydrogens is 414 g/mol. The van der Waals surface area contributed by atoms with Gasteiger partial charge in [-0.1, -0.05) is 30.3 Å². The highest BCUT2D eigenvalue weighted by molar-refractivity contribution is 5.99. The monoisotopic (exact) mass is 439 g/mol. The first kappa shape index (κ1) is 20.8. The predicted molar refractivity (Wildman–Crippen MR) is 127 cm³/mol. The van der Waals surface area contributed by atoms with Crippen molar-refractivity contribution in [2.24, 2.45) is 0 Å². The molecule has 2 aromatic carbocycles. The normalized spacial score (nSPS) is 11.2. The maximum absolute atomic E-state index is 13.1. The number of nitrogens with zero attached hydrogens (tertiary/aromatic N) is 4. The standard InChI is InChI=1S/C26H25N5O2/c1-18-13-14-24(33-18)25-21(17-31(29-25)20-9-4-3-5-10-20)26(32)27-15-8-16-30-19(2)28-22-11-6-7-12-23(22)30/h3-7,9-14,17H,8,15-16H2,1-2H3,(H,27,32). The van der Waals surface area contributed by atoms with E-state index in [1.807, 2.05) is 74.5 Å². The molecule has 0 fully saturated rings. The minimum atomic E-state index is -0.173. The van der Waals surface area contributed by atoms with Gasteiger partial charge in [-0.15, -0.1) is 0 Å². The fourth-order valence-electron chi connectivity index (χ4n) is 4.01. The number of aromatic nitrogens is 4. The Hall–Kier alpha value is -4.13. The molecule has 0 atom stereocenters. The molecular formula is C26H25N5O2. The van der Waals surface area contributed by atoms with E-state index in [0.717, 1.165) is 41.3 Å². The van der Waals surface area contributed by atoms with Crippen LogP contribution in [0.1, 0.15) is 28.4 Å². The lowest BCUT2D eigenvalue weighted by Gasteiger charge is -2.08. The third-order valence-corrected chi connectivity index (χ3v) is 5.64. The van der Waals surface area contributed by atoms with Crippen molar-refractivity contribution in [3.05, 3.63) is 90.1 Å². The third kappa shape index (κ3) is 4.17. The molecule has 1 N–H and O–H groups in total. The van der Waals surface area contributed by atoms with E-state index in [-0.39, 0.29) is 5.91 Å². The molecule has 166 valence electrons. The van der Waals surface area contributed by atoms with Gasteiger partial charge in [0.1, 0.15) is 17.3 Å². The van der Waals surface area contributed by atoms with Gasteiger partial charge in [-0.25, -0.2) is 9.67 Å². The summed E-state index contributed by atoms with van der Waals surface area (Å²) < 4.78 is 9.67. The lowest BCUT2D eigenvalue weighted by molar-refractivity contribution is 0.0953. The van der Waals surface area contributed by atoms with Crippen molar-refractivity contribution in [1.29, 1.82) is 0 Å². The van der Waals surface area contributed by atoms with Crippen molar-refractivity contribution in [2.45, 2.75) is 26.8 Å². The van der Waals surface area contributed by atoms with Crippen LogP contribution < -0.4 is 5.32 Å². The summed E-state index contributed by atoms with van der Waals surface area (Å²) in [5, 5.41) is 7.69. The summed E-state index contributed by atoms with van der Waals surface area (Å²) in [4.78, 5) is 17.7. The summed E-state index contributed by atoms with van der Waals surface area (Å²) in [5.41, 5.74) is 3.99. The molecule has 7 heteroatoms. The highest BCUT2D eigenvalue weighted by Gasteiger charge is 2.20. The summed E-state index contributed by atoms with van der Waals surface area (Å²) in [6, 6.07) is 21.5. The summed E-state index contributed by atoms with van der Waals surface area (Å²) in [5.74, 6) is 2.15. The van der Waals surface area contributed by atoms with E-state index in [1.165, 1.54) is 0 Å². The molecule has 0 saturated carbocycles. The van der Waals surface area contributed by atoms with Crippen LogP contribution in [-0.4, -0.2) is 31.8 Å². The lowest BCUT2D eigenvalue weighted by Crippen LogP contribution is -2.25. The number of imidazole rings is 1. The van der Waals surface area contributed by atoms with Gasteiger partial charge in [-0.05, 0) is 56.7 Å². The van der Waals surface area contributed by atoms with Crippen molar-refractivity contribution in [3.63, 3.8) is 0 Å². The van der Waals surface area contributed by atoms with Gasteiger partial charge >= 0.3 is 0 Å². The molecule has 0 unspecified atom stereocenters. The number of para-hydroxylation sites is 3. The van der Waals surface area contributed by atoms with E-state index in [2.05, 4.69) is 26.0 Å². The number of hydrogen-bond donors (Lipinski definition) is 1. The number of amides is 1. The molecule has 0 aliphatic rings. The Balaban J connectivity index is 1.32. The second kappa shape index (κ2) is 8.78. The molecule has 5 aromatic rings. The molecule has 0 saturated heterocycles. The number of hydrogen-bond acceptors (Lipinski definition) is 4. The zero-order valence-electron chi connectivity index (χ0n) is 18.7. The highest BCUT2D eigenvalue weighted by atomic mass is 16.3. The van der Waals surface area contributed by atoms with Crippen LogP contribution in [0.4, 0.5) is 0 Å². The maximum atomic E-state index is 13.1. The van der Waals surface area contributed by atoms with E-state index < -0.39 is 0 Å². The van der Waals surface area contributed by atoms with Gasteiger partial charge in [0.25, 0.3) is 5.91 Å². The van der Waals surface area contributed by atoms with E-state index in [9.17, 15) is 4.79 Å². The van der Waals surface area contributed by atoms with Crippen LogP contribution in [0.15, 0.2) is 77.3 Å².